The van der Waals surface area contributed by atoms with E-state index in [2.05, 4.69) is 5.32 Å². The highest BCUT2D eigenvalue weighted by Gasteiger charge is 2.34. The van der Waals surface area contributed by atoms with Crippen LogP contribution in [0, 0.1) is 5.92 Å². The van der Waals surface area contributed by atoms with Gasteiger partial charge in [0.05, 0.1) is 0 Å². The quantitative estimate of drug-likeness (QED) is 0.825. The molecule has 1 aliphatic rings. The van der Waals surface area contributed by atoms with Crippen molar-refractivity contribution in [1.82, 2.24) is 5.32 Å². The van der Waals surface area contributed by atoms with Crippen molar-refractivity contribution in [3.05, 3.63) is 0 Å². The van der Waals surface area contributed by atoms with Gasteiger partial charge in [-0.3, -0.25) is 4.79 Å². The van der Waals surface area contributed by atoms with Crippen LogP contribution in [0.15, 0.2) is 0 Å². The van der Waals surface area contributed by atoms with Gasteiger partial charge in [-0.25, -0.2) is 4.79 Å². The van der Waals surface area contributed by atoms with E-state index in [4.69, 9.17) is 4.74 Å². The van der Waals surface area contributed by atoms with Crippen molar-refractivity contribution >= 4 is 11.9 Å². The van der Waals surface area contributed by atoms with Crippen LogP contribution in [0.2, 0.25) is 0 Å². The summed E-state index contributed by atoms with van der Waals surface area (Å²) in [6, 6.07) is 0. The lowest BCUT2D eigenvalue weighted by atomic mass is 9.76. The van der Waals surface area contributed by atoms with Gasteiger partial charge in [0.15, 0.2) is 0 Å². The zero-order valence-corrected chi connectivity index (χ0v) is 12.1. The van der Waals surface area contributed by atoms with Gasteiger partial charge in [0.1, 0.15) is 11.4 Å². The van der Waals surface area contributed by atoms with Crippen LogP contribution >= 0.6 is 0 Å². The van der Waals surface area contributed by atoms with Gasteiger partial charge in [0, 0.05) is 18.4 Å². The van der Waals surface area contributed by atoms with E-state index >= 15 is 0 Å². The summed E-state index contributed by atoms with van der Waals surface area (Å²) in [4.78, 5) is 23.0. The number of ketones is 1. The molecule has 0 aliphatic heterocycles. The summed E-state index contributed by atoms with van der Waals surface area (Å²) in [5, 5.41) is 2.92. The third-order valence-corrected chi connectivity index (χ3v) is 3.39. The van der Waals surface area contributed by atoms with E-state index in [1.807, 2.05) is 34.6 Å². The Morgan fingerprint density at radius 2 is 1.67 bits per heavy atom. The highest BCUT2D eigenvalue weighted by Crippen LogP contribution is 2.31. The lowest BCUT2D eigenvalue weighted by molar-refractivity contribution is -0.121. The lowest BCUT2D eigenvalue weighted by Crippen LogP contribution is -2.51. The first-order valence-electron chi connectivity index (χ1n) is 6.63. The number of alkyl carbamates (subject to hydrolysis) is 1. The summed E-state index contributed by atoms with van der Waals surface area (Å²) >= 11 is 0. The topological polar surface area (TPSA) is 55.4 Å². The Hall–Kier alpha value is -1.06. The van der Waals surface area contributed by atoms with Crippen LogP contribution in [-0.4, -0.2) is 23.0 Å². The third kappa shape index (κ3) is 4.67. The number of nitrogens with one attached hydrogen (secondary N) is 1. The highest BCUT2D eigenvalue weighted by atomic mass is 16.6. The number of hydrogen-bond acceptors (Lipinski definition) is 3. The zero-order chi connectivity index (χ0) is 14.0. The lowest BCUT2D eigenvalue weighted by Gasteiger charge is -2.37. The van der Waals surface area contributed by atoms with Gasteiger partial charge < -0.3 is 10.1 Å². The maximum atomic E-state index is 11.8. The maximum Gasteiger partial charge on any atom is 0.408 e. The highest BCUT2D eigenvalue weighted by molar-refractivity contribution is 5.79. The fraction of sp³-hybridized carbons (Fsp3) is 0.857. The summed E-state index contributed by atoms with van der Waals surface area (Å²) in [6.07, 6.45) is 2.57. The summed E-state index contributed by atoms with van der Waals surface area (Å²) in [7, 11) is 0. The Morgan fingerprint density at radius 3 is 2.11 bits per heavy atom. The molecule has 0 aromatic carbocycles. The SMILES string of the molecule is CC(C)(C)OC(=O)NC(C)(C)C1CCC(=O)CC1. The van der Waals surface area contributed by atoms with Crippen LogP contribution in [0.25, 0.3) is 0 Å². The number of Topliss-reactive ketones (excluding diaryl/α,β-unsaturated/α-hetero) is 1. The predicted molar refractivity (Wildman–Crippen MR) is 70.4 cm³/mol. The average molecular weight is 255 g/mol. The van der Waals surface area contributed by atoms with E-state index in [1.54, 1.807) is 0 Å². The molecular weight excluding hydrogens is 230 g/mol. The summed E-state index contributed by atoms with van der Waals surface area (Å²) in [6.45, 7) is 9.53. The molecule has 1 amide bonds. The van der Waals surface area contributed by atoms with Gasteiger partial charge in [0.25, 0.3) is 0 Å². The Balaban J connectivity index is 2.53. The van der Waals surface area contributed by atoms with Crippen LogP contribution in [0.1, 0.15) is 60.3 Å². The van der Waals surface area contributed by atoms with Crippen molar-refractivity contribution in [1.29, 1.82) is 0 Å². The molecule has 4 nitrogen and oxygen atoms in total. The minimum atomic E-state index is -0.483. The van der Waals surface area contributed by atoms with Crippen molar-refractivity contribution in [3.63, 3.8) is 0 Å². The predicted octanol–water partition coefficient (Wildman–Crippen LogP) is 3.05. The molecule has 104 valence electrons. The molecule has 0 unspecified atom stereocenters. The summed E-state index contributed by atoms with van der Waals surface area (Å²) in [5.74, 6) is 0.669. The number of hydrogen-bond donors (Lipinski definition) is 1. The number of rotatable bonds is 2. The van der Waals surface area contributed by atoms with E-state index in [-0.39, 0.29) is 11.6 Å². The third-order valence-electron chi connectivity index (χ3n) is 3.39. The van der Waals surface area contributed by atoms with E-state index in [0.29, 0.717) is 24.5 Å². The molecule has 0 spiro atoms. The number of carbonyl (C=O) groups is 2. The number of ether oxygens (including phenoxy) is 1. The van der Waals surface area contributed by atoms with Gasteiger partial charge in [0.2, 0.25) is 0 Å². The van der Waals surface area contributed by atoms with E-state index < -0.39 is 5.60 Å². The zero-order valence-electron chi connectivity index (χ0n) is 12.1. The largest absolute Gasteiger partial charge is 0.444 e. The molecule has 0 aromatic heterocycles. The van der Waals surface area contributed by atoms with Crippen molar-refractivity contribution < 1.29 is 14.3 Å². The van der Waals surface area contributed by atoms with Crippen molar-refractivity contribution in [2.24, 2.45) is 5.92 Å². The second-order valence-corrected chi connectivity index (χ2v) is 6.66. The fourth-order valence-electron chi connectivity index (χ4n) is 2.33. The Bertz CT molecular complexity index is 318. The van der Waals surface area contributed by atoms with Crippen molar-refractivity contribution in [2.45, 2.75) is 71.4 Å². The molecule has 1 rings (SSSR count). The monoisotopic (exact) mass is 255 g/mol. The van der Waals surface area contributed by atoms with Gasteiger partial charge in [-0.15, -0.1) is 0 Å². The van der Waals surface area contributed by atoms with Crippen LogP contribution in [0.5, 0.6) is 0 Å². The van der Waals surface area contributed by atoms with Crippen LogP contribution in [-0.2, 0) is 9.53 Å². The Kier molecular flexibility index (Phi) is 4.41. The molecular formula is C14H25NO3. The second kappa shape index (κ2) is 5.29. The average Bonchev–Trinajstić information content (AvgIpc) is 2.13. The molecule has 0 saturated heterocycles. The van der Waals surface area contributed by atoms with Gasteiger partial charge >= 0.3 is 6.09 Å². The van der Waals surface area contributed by atoms with Crippen LogP contribution in [0.4, 0.5) is 4.79 Å². The molecule has 0 heterocycles. The minimum Gasteiger partial charge on any atom is -0.444 e. The first-order valence-corrected chi connectivity index (χ1v) is 6.63. The van der Waals surface area contributed by atoms with E-state index in [0.717, 1.165) is 12.8 Å². The van der Waals surface area contributed by atoms with Crippen LogP contribution < -0.4 is 5.32 Å². The molecule has 0 atom stereocenters. The molecule has 1 fully saturated rings. The molecule has 1 aliphatic carbocycles. The van der Waals surface area contributed by atoms with Crippen molar-refractivity contribution in [2.75, 3.05) is 0 Å². The number of amides is 1. The van der Waals surface area contributed by atoms with E-state index in [9.17, 15) is 9.59 Å². The first kappa shape index (κ1) is 15.0. The standard InChI is InChI=1S/C14H25NO3/c1-13(2,3)18-12(17)15-14(4,5)10-6-8-11(16)9-7-10/h10H,6-9H2,1-5H3,(H,15,17). The Morgan fingerprint density at radius 1 is 1.17 bits per heavy atom. The maximum absolute atomic E-state index is 11.8. The second-order valence-electron chi connectivity index (χ2n) is 6.66. The Labute approximate surface area is 109 Å². The van der Waals surface area contributed by atoms with Crippen LogP contribution in [0.3, 0.4) is 0 Å². The van der Waals surface area contributed by atoms with Crippen molar-refractivity contribution in [3.8, 4) is 0 Å². The van der Waals surface area contributed by atoms with E-state index in [1.165, 1.54) is 0 Å². The molecule has 0 bridgehead atoms. The van der Waals surface area contributed by atoms with Gasteiger partial charge in [-0.2, -0.15) is 0 Å². The molecule has 1 saturated carbocycles. The molecule has 0 aromatic rings. The smallest absolute Gasteiger partial charge is 0.408 e. The van der Waals surface area contributed by atoms with Gasteiger partial charge in [-0.1, -0.05) is 0 Å². The summed E-state index contributed by atoms with van der Waals surface area (Å²) in [5.41, 5.74) is -0.814. The number of carbonyl (C=O) groups excluding carboxylic acids is 2. The normalized spacial score (nSPS) is 18.6. The summed E-state index contributed by atoms with van der Waals surface area (Å²) < 4.78 is 5.27. The molecule has 18 heavy (non-hydrogen) atoms. The van der Waals surface area contributed by atoms with Gasteiger partial charge in [-0.05, 0) is 53.4 Å². The molecule has 1 N–H and O–H groups in total. The molecule has 0 radical (unpaired) electrons. The fourth-order valence-corrected chi connectivity index (χ4v) is 2.33. The minimum absolute atomic E-state index is 0.330. The molecule has 4 heteroatoms. The first-order chi connectivity index (χ1) is 8.10.